The number of benzene rings is 1. The first kappa shape index (κ1) is 16.5. The van der Waals surface area contributed by atoms with Crippen LogP contribution in [-0.2, 0) is 0 Å². The number of hydrogen-bond acceptors (Lipinski definition) is 6. The van der Waals surface area contributed by atoms with Crippen LogP contribution in [-0.4, -0.2) is 55.1 Å². The third-order valence-electron chi connectivity index (χ3n) is 4.71. The number of hydrazone groups is 1. The second-order valence-electron chi connectivity index (χ2n) is 6.45. The van der Waals surface area contributed by atoms with E-state index in [1.165, 1.54) is 5.69 Å². The Labute approximate surface area is 154 Å². The standard InChI is InChI=1S/C20H23N5O/c1-16-14-20(25-19(22-16)8-3-4-9-21-25)24-12-10-23(11-13-24)17-6-5-7-18(15-17)26-2/h3,5-7,9,14-15H,4,10-13H2,1-2H3. The number of rotatable bonds is 3. The molecule has 4 rings (SSSR count). The highest BCUT2D eigenvalue weighted by molar-refractivity contribution is 5.94. The van der Waals surface area contributed by atoms with Crippen LogP contribution in [0.3, 0.4) is 0 Å². The van der Waals surface area contributed by atoms with Gasteiger partial charge < -0.3 is 14.5 Å². The Kier molecular flexibility index (Phi) is 4.50. The fourth-order valence-corrected chi connectivity index (χ4v) is 3.37. The van der Waals surface area contributed by atoms with Crippen molar-refractivity contribution in [2.24, 2.45) is 10.1 Å². The highest BCUT2D eigenvalue weighted by Crippen LogP contribution is 2.27. The molecular formula is C20H23N5O. The fourth-order valence-electron chi connectivity index (χ4n) is 3.37. The lowest BCUT2D eigenvalue weighted by atomic mass is 10.2. The molecule has 0 saturated carbocycles. The lowest BCUT2D eigenvalue weighted by molar-refractivity contribution is 0.231. The molecule has 26 heavy (non-hydrogen) atoms. The average Bonchev–Trinajstić information content (AvgIpc) is 2.93. The minimum Gasteiger partial charge on any atom is -0.497 e. The number of methoxy groups -OCH3 is 1. The highest BCUT2D eigenvalue weighted by Gasteiger charge is 2.27. The molecule has 0 aliphatic carbocycles. The van der Waals surface area contributed by atoms with Crippen molar-refractivity contribution in [3.63, 3.8) is 0 Å². The van der Waals surface area contributed by atoms with Gasteiger partial charge in [0.25, 0.3) is 0 Å². The van der Waals surface area contributed by atoms with Gasteiger partial charge in [0.05, 0.1) is 7.11 Å². The Hall–Kier alpha value is -2.98. The Morgan fingerprint density at radius 3 is 2.73 bits per heavy atom. The smallest absolute Gasteiger partial charge is 0.199 e. The monoisotopic (exact) mass is 349 g/mol. The molecular weight excluding hydrogens is 326 g/mol. The molecule has 3 aliphatic heterocycles. The summed E-state index contributed by atoms with van der Waals surface area (Å²) in [5.74, 6) is 2.74. The van der Waals surface area contributed by atoms with Crippen molar-refractivity contribution in [2.75, 3.05) is 38.2 Å². The number of anilines is 1. The zero-order valence-corrected chi connectivity index (χ0v) is 15.2. The minimum atomic E-state index is 0.768. The minimum absolute atomic E-state index is 0.768. The van der Waals surface area contributed by atoms with Gasteiger partial charge in [0.1, 0.15) is 11.6 Å². The van der Waals surface area contributed by atoms with Gasteiger partial charge in [0.2, 0.25) is 0 Å². The largest absolute Gasteiger partial charge is 0.497 e. The summed E-state index contributed by atoms with van der Waals surface area (Å²) in [6.45, 7) is 5.78. The van der Waals surface area contributed by atoms with Crippen LogP contribution < -0.4 is 9.64 Å². The van der Waals surface area contributed by atoms with Crippen LogP contribution in [0.15, 0.2) is 63.9 Å². The first-order chi connectivity index (χ1) is 12.7. The van der Waals surface area contributed by atoms with Gasteiger partial charge >= 0.3 is 0 Å². The summed E-state index contributed by atoms with van der Waals surface area (Å²) in [7, 11) is 1.71. The molecule has 1 fully saturated rings. The number of fused-ring (bicyclic) bond motifs is 1. The molecule has 6 nitrogen and oxygen atoms in total. The zero-order valence-electron chi connectivity index (χ0n) is 15.2. The highest BCUT2D eigenvalue weighted by atomic mass is 16.5. The van der Waals surface area contributed by atoms with E-state index in [0.29, 0.717) is 0 Å². The first-order valence-electron chi connectivity index (χ1n) is 8.93. The van der Waals surface area contributed by atoms with E-state index in [2.05, 4.69) is 43.8 Å². The molecule has 0 unspecified atom stereocenters. The fraction of sp³-hybridized carbons (Fsp3) is 0.350. The van der Waals surface area contributed by atoms with Gasteiger partial charge in [0.15, 0.2) is 5.82 Å². The molecule has 0 N–H and O–H groups in total. The van der Waals surface area contributed by atoms with Gasteiger partial charge in [-0.2, -0.15) is 10.1 Å². The van der Waals surface area contributed by atoms with E-state index >= 15 is 0 Å². The van der Waals surface area contributed by atoms with Crippen LogP contribution in [0.4, 0.5) is 5.69 Å². The quantitative estimate of drug-likeness (QED) is 0.787. The van der Waals surface area contributed by atoms with E-state index in [4.69, 9.17) is 4.74 Å². The maximum atomic E-state index is 5.35. The van der Waals surface area contributed by atoms with Crippen LogP contribution in [0.2, 0.25) is 0 Å². The van der Waals surface area contributed by atoms with Gasteiger partial charge in [0, 0.05) is 62.4 Å². The number of nitrogens with zero attached hydrogens (tertiary/aromatic N) is 5. The third kappa shape index (κ3) is 3.24. The molecule has 0 spiro atoms. The summed E-state index contributed by atoms with van der Waals surface area (Å²) in [4.78, 5) is 9.34. The zero-order chi connectivity index (χ0) is 17.9. The normalized spacial score (nSPS) is 19.5. The number of piperazine rings is 1. The van der Waals surface area contributed by atoms with Crippen molar-refractivity contribution in [1.29, 1.82) is 0 Å². The summed E-state index contributed by atoms with van der Waals surface area (Å²) in [5.41, 5.74) is 5.43. The number of ether oxygens (including phenoxy) is 1. The second kappa shape index (κ2) is 7.10. The predicted molar refractivity (Wildman–Crippen MR) is 105 cm³/mol. The van der Waals surface area contributed by atoms with Crippen LogP contribution in [0.1, 0.15) is 13.3 Å². The second-order valence-corrected chi connectivity index (χ2v) is 6.45. The number of hydrogen-bond donors (Lipinski definition) is 0. The van der Waals surface area contributed by atoms with E-state index in [9.17, 15) is 0 Å². The SMILES string of the molecule is COc1cccc(N2CCN(C3=CC(C)=NC4=C=CCC=NN43)CC2)c1. The summed E-state index contributed by atoms with van der Waals surface area (Å²) in [5, 5.41) is 6.47. The molecule has 0 atom stereocenters. The summed E-state index contributed by atoms with van der Waals surface area (Å²) >= 11 is 0. The van der Waals surface area contributed by atoms with Crippen molar-refractivity contribution in [1.82, 2.24) is 9.91 Å². The van der Waals surface area contributed by atoms with Gasteiger partial charge in [-0.15, -0.1) is 0 Å². The van der Waals surface area contributed by atoms with Crippen molar-refractivity contribution in [3.05, 3.63) is 53.8 Å². The lowest BCUT2D eigenvalue weighted by Crippen LogP contribution is -2.48. The van der Waals surface area contributed by atoms with Crippen LogP contribution in [0.5, 0.6) is 5.75 Å². The lowest BCUT2D eigenvalue weighted by Gasteiger charge is -2.41. The van der Waals surface area contributed by atoms with Crippen molar-refractivity contribution >= 4 is 17.6 Å². The average molecular weight is 349 g/mol. The molecule has 0 radical (unpaired) electrons. The molecule has 1 aromatic carbocycles. The van der Waals surface area contributed by atoms with Crippen LogP contribution in [0.25, 0.3) is 0 Å². The van der Waals surface area contributed by atoms with E-state index in [-0.39, 0.29) is 0 Å². The van der Waals surface area contributed by atoms with E-state index in [0.717, 1.165) is 55.7 Å². The van der Waals surface area contributed by atoms with Crippen molar-refractivity contribution < 1.29 is 4.74 Å². The molecule has 6 heteroatoms. The van der Waals surface area contributed by atoms with Crippen molar-refractivity contribution in [2.45, 2.75) is 13.3 Å². The Morgan fingerprint density at radius 1 is 1.12 bits per heavy atom. The molecule has 0 amide bonds. The number of allylic oxidation sites excluding steroid dienone is 2. The molecule has 1 saturated heterocycles. The van der Waals surface area contributed by atoms with E-state index < -0.39 is 0 Å². The summed E-state index contributed by atoms with van der Waals surface area (Å²) in [6, 6.07) is 8.25. The van der Waals surface area contributed by atoms with E-state index in [1.807, 2.05) is 36.4 Å². The molecule has 1 aromatic rings. The Morgan fingerprint density at radius 2 is 1.92 bits per heavy atom. The maximum absolute atomic E-state index is 5.35. The molecule has 3 aliphatic rings. The molecule has 134 valence electrons. The molecule has 0 bridgehead atoms. The van der Waals surface area contributed by atoms with Gasteiger partial charge in [-0.05, 0) is 25.1 Å². The summed E-state index contributed by atoms with van der Waals surface area (Å²) < 4.78 is 5.35. The Balaban J connectivity index is 1.50. The van der Waals surface area contributed by atoms with Crippen LogP contribution in [0, 0.1) is 0 Å². The topological polar surface area (TPSA) is 43.7 Å². The predicted octanol–water partition coefficient (Wildman–Crippen LogP) is 2.82. The third-order valence-corrected chi connectivity index (χ3v) is 4.71. The van der Waals surface area contributed by atoms with Gasteiger partial charge in [-0.1, -0.05) is 11.8 Å². The number of aliphatic imine (C=N–C) groups is 1. The van der Waals surface area contributed by atoms with Gasteiger partial charge in [-0.25, -0.2) is 4.99 Å². The van der Waals surface area contributed by atoms with Gasteiger partial charge in [-0.3, -0.25) is 0 Å². The summed E-state index contributed by atoms with van der Waals surface area (Å²) in [6.07, 6.45) is 6.76. The first-order valence-corrected chi connectivity index (χ1v) is 8.93. The van der Waals surface area contributed by atoms with E-state index in [1.54, 1.807) is 7.11 Å². The molecule has 0 aromatic heterocycles. The van der Waals surface area contributed by atoms with Crippen LogP contribution >= 0.6 is 0 Å². The maximum Gasteiger partial charge on any atom is 0.199 e. The van der Waals surface area contributed by atoms with Crippen molar-refractivity contribution in [3.8, 4) is 5.75 Å². The Bertz CT molecular complexity index is 840. The molecule has 3 heterocycles.